The van der Waals surface area contributed by atoms with Gasteiger partial charge < -0.3 is 52.5 Å². The predicted octanol–water partition coefficient (Wildman–Crippen LogP) is 8.60. The van der Waals surface area contributed by atoms with Crippen molar-refractivity contribution in [2.24, 2.45) is 0 Å². The highest BCUT2D eigenvalue weighted by atomic mass is 16.7. The van der Waals surface area contributed by atoms with Gasteiger partial charge in [0.1, 0.15) is 48.8 Å². The minimum atomic E-state index is -1.48. The SMILES string of the molecule is [2H]C(O[C@H]1[C@H](OC([2H])c2ccccc2)[C@@H](OC([2H])c2ccccc2)C(OC)O[C@@H]1COC1O[C@H](CO)[C@@H](OC([2H])c2ccccc2)[C@H](OC([2H])c2ccccc2)[C@H]1OC([2H])c1ccccc1)c1ccccc1. The summed E-state index contributed by atoms with van der Waals surface area (Å²) in [5, 5.41) is 11.1. The molecule has 1 N–H and O–H groups in total. The molecule has 6 aromatic carbocycles. The van der Waals surface area contributed by atoms with Crippen LogP contribution in [0, 0.1) is 0 Å². The standard InChI is InChI=1S/C55H60O11/c1-57-54-52(62-37-44-28-16-6-17-29-44)51(61-36-43-26-14-5-15-27-43)49(59-34-41-22-10-3-11-23-41)47(66-54)39-64-55-53(63-38-45-30-18-7-19-31-45)50(60-35-42-24-12-4-13-25-42)48(46(32-56)65-55)58-33-40-20-8-2-9-21-40/h2-31,46-56H,32-39H2,1H3/t46-,47-,48-,49-,50+,51+,52-,53-,54?,55?/m1/s1/i33D,34D,35D,36D,37D,38D/t33?,34?,35?,36?,37?,38?,46-,47-,48-,49-,50+,51+,52-,53-,54?,55?. The Morgan fingerprint density at radius 1 is 0.364 bits per heavy atom. The molecule has 2 saturated heterocycles. The lowest BCUT2D eigenvalue weighted by Crippen LogP contribution is -2.64. The van der Waals surface area contributed by atoms with Crippen LogP contribution in [-0.4, -0.2) is 86.8 Å². The van der Waals surface area contributed by atoms with E-state index in [1.165, 1.54) is 7.11 Å². The maximum absolute atomic E-state index is 11.1. The number of aliphatic hydroxyl groups is 1. The van der Waals surface area contributed by atoms with Crippen LogP contribution < -0.4 is 0 Å². The zero-order valence-corrected chi connectivity index (χ0v) is 36.5. The second-order valence-corrected chi connectivity index (χ2v) is 15.6. The third-order valence-corrected chi connectivity index (χ3v) is 11.0. The van der Waals surface area contributed by atoms with E-state index in [0.717, 1.165) is 0 Å². The van der Waals surface area contributed by atoms with E-state index in [1.807, 2.05) is 36.4 Å². The highest BCUT2D eigenvalue weighted by Gasteiger charge is 2.52. The number of ether oxygens (including phenoxy) is 10. The quantitative estimate of drug-likeness (QED) is 0.0668. The topological polar surface area (TPSA) is 113 Å². The molecule has 11 heteroatoms. The number of rotatable bonds is 23. The Morgan fingerprint density at radius 2 is 0.636 bits per heavy atom. The summed E-state index contributed by atoms with van der Waals surface area (Å²) in [6, 6.07) is 53.1. The van der Waals surface area contributed by atoms with Crippen molar-refractivity contribution in [3.8, 4) is 0 Å². The van der Waals surface area contributed by atoms with E-state index in [-0.39, 0.29) is 0 Å². The fraction of sp³-hybridized carbons (Fsp3) is 0.345. The summed E-state index contributed by atoms with van der Waals surface area (Å²) in [7, 11) is 1.41. The molecule has 0 radical (unpaired) electrons. The fourth-order valence-corrected chi connectivity index (χ4v) is 7.61. The molecular formula is C55H60O11. The van der Waals surface area contributed by atoms with Gasteiger partial charge in [-0.25, -0.2) is 0 Å². The molecule has 346 valence electrons. The van der Waals surface area contributed by atoms with E-state index in [9.17, 15) is 10.6 Å². The van der Waals surface area contributed by atoms with Crippen LogP contribution in [-0.2, 0) is 86.9 Å². The van der Waals surface area contributed by atoms with E-state index < -0.39 is 114 Å². The second kappa shape index (κ2) is 25.1. The van der Waals surface area contributed by atoms with Crippen LogP contribution in [0.25, 0.3) is 0 Å². The van der Waals surface area contributed by atoms with Crippen LogP contribution in [0.1, 0.15) is 41.6 Å². The minimum Gasteiger partial charge on any atom is -0.394 e. The molecule has 0 aromatic heterocycles. The molecule has 66 heavy (non-hydrogen) atoms. The van der Waals surface area contributed by atoms with Crippen molar-refractivity contribution in [1.82, 2.24) is 0 Å². The van der Waals surface area contributed by atoms with E-state index in [1.54, 1.807) is 146 Å². The molecule has 0 saturated carbocycles. The molecule has 2 fully saturated rings. The summed E-state index contributed by atoms with van der Waals surface area (Å²) in [5.41, 5.74) is 3.04. The minimum absolute atomic E-state index is 0.404. The molecule has 8 unspecified atom stereocenters. The molecule has 2 aliphatic rings. The highest BCUT2D eigenvalue weighted by Crippen LogP contribution is 2.35. The Morgan fingerprint density at radius 3 is 0.955 bits per heavy atom. The number of methoxy groups -OCH3 is 1. The van der Waals surface area contributed by atoms with Crippen LogP contribution in [0.5, 0.6) is 0 Å². The second-order valence-electron chi connectivity index (χ2n) is 15.6. The fourth-order valence-electron chi connectivity index (χ4n) is 7.61. The van der Waals surface area contributed by atoms with Gasteiger partial charge >= 0.3 is 0 Å². The van der Waals surface area contributed by atoms with Crippen LogP contribution >= 0.6 is 0 Å². The van der Waals surface area contributed by atoms with E-state index in [2.05, 4.69) is 0 Å². The largest absolute Gasteiger partial charge is 0.394 e. The summed E-state index contributed by atoms with van der Waals surface area (Å²) in [4.78, 5) is 0. The lowest BCUT2D eigenvalue weighted by atomic mass is 9.97. The molecular weight excluding hydrogens is 837 g/mol. The Labute approximate surface area is 396 Å². The van der Waals surface area contributed by atoms with Crippen LogP contribution in [0.2, 0.25) is 0 Å². The molecule has 6 aromatic rings. The number of aliphatic hydroxyl groups excluding tert-OH is 1. The Kier molecular flexibility index (Phi) is 15.2. The van der Waals surface area contributed by atoms with Gasteiger partial charge in [0.2, 0.25) is 0 Å². The zero-order chi connectivity index (χ0) is 50.4. The molecule has 0 bridgehead atoms. The van der Waals surface area contributed by atoms with E-state index >= 15 is 0 Å². The van der Waals surface area contributed by atoms with Gasteiger partial charge in [0.05, 0.1) is 60.9 Å². The summed E-state index contributed by atoms with van der Waals surface area (Å²) in [6.45, 7) is -8.93. The summed E-state index contributed by atoms with van der Waals surface area (Å²) in [5.74, 6) is 0. The average Bonchev–Trinajstić information content (AvgIpc) is 3.43. The molecule has 8 rings (SSSR count). The molecule has 2 heterocycles. The van der Waals surface area contributed by atoms with Gasteiger partial charge in [-0.3, -0.25) is 0 Å². The van der Waals surface area contributed by atoms with Gasteiger partial charge in [0, 0.05) is 7.11 Å². The van der Waals surface area contributed by atoms with Crippen LogP contribution in [0.4, 0.5) is 0 Å². The first-order valence-corrected chi connectivity index (χ1v) is 21.9. The normalized spacial score (nSPS) is 29.5. The molecule has 16 atom stereocenters. The Bertz CT molecular complexity index is 2290. The highest BCUT2D eigenvalue weighted by molar-refractivity contribution is 5.18. The molecule has 11 nitrogen and oxygen atoms in total. The number of hydrogen-bond acceptors (Lipinski definition) is 11. The molecule has 0 amide bonds. The van der Waals surface area contributed by atoms with Gasteiger partial charge in [-0.1, -0.05) is 182 Å². The third kappa shape index (κ3) is 13.3. The van der Waals surface area contributed by atoms with Crippen molar-refractivity contribution in [3.05, 3.63) is 215 Å². The van der Waals surface area contributed by atoms with Gasteiger partial charge in [0.15, 0.2) is 12.6 Å². The van der Waals surface area contributed by atoms with Crippen molar-refractivity contribution in [3.63, 3.8) is 0 Å². The van der Waals surface area contributed by atoms with Crippen LogP contribution in [0.15, 0.2) is 182 Å². The molecule has 0 spiro atoms. The van der Waals surface area contributed by atoms with E-state index in [4.69, 9.17) is 50.1 Å². The lowest BCUT2D eigenvalue weighted by molar-refractivity contribution is -0.350. The number of hydrogen-bond donors (Lipinski definition) is 1. The summed E-state index contributed by atoms with van der Waals surface area (Å²) < 4.78 is 120. The van der Waals surface area contributed by atoms with Gasteiger partial charge in [0.25, 0.3) is 0 Å². The summed E-state index contributed by atoms with van der Waals surface area (Å²) in [6.07, 6.45) is -12.8. The average molecular weight is 903 g/mol. The van der Waals surface area contributed by atoms with E-state index in [0.29, 0.717) is 33.4 Å². The van der Waals surface area contributed by atoms with Gasteiger partial charge in [-0.15, -0.1) is 0 Å². The first-order chi connectivity index (χ1) is 35.1. The third-order valence-electron chi connectivity index (χ3n) is 11.0. The Hall–Kier alpha value is -5.12. The van der Waals surface area contributed by atoms with Crippen molar-refractivity contribution >= 4 is 0 Å². The van der Waals surface area contributed by atoms with Crippen molar-refractivity contribution in [1.29, 1.82) is 0 Å². The maximum atomic E-state index is 11.1. The molecule has 2 aliphatic heterocycles. The summed E-state index contributed by atoms with van der Waals surface area (Å²) >= 11 is 0. The van der Waals surface area contributed by atoms with Crippen molar-refractivity contribution in [2.45, 2.75) is 101 Å². The monoisotopic (exact) mass is 902 g/mol. The number of benzene rings is 6. The van der Waals surface area contributed by atoms with Crippen molar-refractivity contribution in [2.75, 3.05) is 20.3 Å². The predicted molar refractivity (Wildman–Crippen MR) is 247 cm³/mol. The maximum Gasteiger partial charge on any atom is 0.187 e. The van der Waals surface area contributed by atoms with Gasteiger partial charge in [-0.05, 0) is 33.4 Å². The zero-order valence-electron chi connectivity index (χ0n) is 42.5. The van der Waals surface area contributed by atoms with Gasteiger partial charge in [-0.2, -0.15) is 0 Å². The smallest absolute Gasteiger partial charge is 0.187 e. The lowest BCUT2D eigenvalue weighted by Gasteiger charge is -2.47. The Balaban J connectivity index is 1.17. The first kappa shape index (κ1) is 40.0. The first-order valence-electron chi connectivity index (χ1n) is 25.4. The van der Waals surface area contributed by atoms with Crippen LogP contribution in [0.3, 0.4) is 0 Å². The molecule has 0 aliphatic carbocycles. The van der Waals surface area contributed by atoms with Crippen molar-refractivity contribution < 1.29 is 60.7 Å².